The largest absolute Gasteiger partial charge is 0.508 e. The fourth-order valence-corrected chi connectivity index (χ4v) is 4.02. The number of phenolic OH excluding ortho intramolecular Hbond substituents is 2. The monoisotopic (exact) mass is 474 g/mol. The van der Waals surface area contributed by atoms with Gasteiger partial charge in [-0.2, -0.15) is 0 Å². The van der Waals surface area contributed by atoms with Crippen LogP contribution in [-0.2, 0) is 10.2 Å². The molecule has 5 heteroatoms. The van der Waals surface area contributed by atoms with Gasteiger partial charge in [-0.15, -0.1) is 0 Å². The minimum Gasteiger partial charge on any atom is -0.508 e. The summed E-state index contributed by atoms with van der Waals surface area (Å²) in [4.78, 5) is 26.1. The van der Waals surface area contributed by atoms with E-state index < -0.39 is 11.9 Å². The molecule has 0 aliphatic heterocycles. The average Bonchev–Trinajstić information content (AvgIpc) is 2.77. The number of carbonyl (C=O) groups excluding carboxylic acids is 2. The zero-order chi connectivity index (χ0) is 26.0. The molecule has 0 aliphatic rings. The molecule has 3 aromatic rings. The van der Waals surface area contributed by atoms with E-state index >= 15 is 0 Å². The maximum atomic E-state index is 13.4. The molecule has 1 unspecified atom stereocenters. The van der Waals surface area contributed by atoms with Gasteiger partial charge in [-0.3, -0.25) is 9.59 Å². The molecular weight excluding hydrogens is 440 g/mol. The Hall–Kier alpha value is -3.60. The lowest BCUT2D eigenvalue weighted by Gasteiger charge is -2.27. The normalized spacial score (nSPS) is 12.7. The quantitative estimate of drug-likeness (QED) is 0.234. The van der Waals surface area contributed by atoms with Crippen LogP contribution in [0.3, 0.4) is 0 Å². The van der Waals surface area contributed by atoms with Gasteiger partial charge in [0.05, 0.1) is 11.5 Å². The Morgan fingerprint density at radius 2 is 1.49 bits per heavy atom. The van der Waals surface area contributed by atoms with Crippen LogP contribution in [0.25, 0.3) is 0 Å². The van der Waals surface area contributed by atoms with Crippen LogP contribution in [0.2, 0.25) is 0 Å². The molecule has 1 atom stereocenters. The number of esters is 1. The number of hydrogen-bond donors (Lipinski definition) is 2. The molecule has 0 bridgehead atoms. The lowest BCUT2D eigenvalue weighted by Crippen LogP contribution is -2.24. The fourth-order valence-electron chi connectivity index (χ4n) is 4.02. The second kappa shape index (κ2) is 9.95. The number of rotatable bonds is 6. The van der Waals surface area contributed by atoms with Gasteiger partial charge in [0.15, 0.2) is 5.78 Å². The van der Waals surface area contributed by atoms with Gasteiger partial charge in [-0.05, 0) is 46.6 Å². The SMILES string of the molecule is CC(C)(C)CC(C(=O)Oc1ccc(C(=O)c2ccccc2)c(O)c1)c1ccc(O)c(C(C)(C)C)c1. The van der Waals surface area contributed by atoms with Crippen molar-refractivity contribution < 1.29 is 24.5 Å². The van der Waals surface area contributed by atoms with Crippen molar-refractivity contribution in [2.45, 2.75) is 59.3 Å². The van der Waals surface area contributed by atoms with Gasteiger partial charge < -0.3 is 14.9 Å². The molecule has 0 aliphatic carbocycles. The highest BCUT2D eigenvalue weighted by Gasteiger charge is 2.30. The summed E-state index contributed by atoms with van der Waals surface area (Å²) in [6.45, 7) is 12.2. The summed E-state index contributed by atoms with van der Waals surface area (Å²) in [6, 6.07) is 18.2. The summed E-state index contributed by atoms with van der Waals surface area (Å²) in [7, 11) is 0. The highest BCUT2D eigenvalue weighted by molar-refractivity contribution is 6.10. The van der Waals surface area contributed by atoms with E-state index in [2.05, 4.69) is 0 Å². The van der Waals surface area contributed by atoms with Crippen LogP contribution in [0.1, 0.15) is 80.9 Å². The summed E-state index contributed by atoms with van der Waals surface area (Å²) in [5, 5.41) is 20.9. The number of phenols is 2. The Morgan fingerprint density at radius 1 is 0.829 bits per heavy atom. The highest BCUT2D eigenvalue weighted by Crippen LogP contribution is 2.38. The van der Waals surface area contributed by atoms with Crippen LogP contribution >= 0.6 is 0 Å². The van der Waals surface area contributed by atoms with Crippen LogP contribution in [0, 0.1) is 5.41 Å². The predicted molar refractivity (Wildman–Crippen MR) is 137 cm³/mol. The third kappa shape index (κ3) is 6.50. The molecule has 0 saturated carbocycles. The molecule has 0 fully saturated rings. The van der Waals surface area contributed by atoms with E-state index in [1.807, 2.05) is 53.7 Å². The summed E-state index contributed by atoms with van der Waals surface area (Å²) in [5.41, 5.74) is 1.63. The van der Waals surface area contributed by atoms with Crippen molar-refractivity contribution in [3.8, 4) is 17.2 Å². The van der Waals surface area contributed by atoms with Crippen molar-refractivity contribution in [1.29, 1.82) is 0 Å². The highest BCUT2D eigenvalue weighted by atomic mass is 16.5. The molecule has 3 rings (SSSR count). The summed E-state index contributed by atoms with van der Waals surface area (Å²) >= 11 is 0. The van der Waals surface area contributed by atoms with E-state index in [4.69, 9.17) is 4.74 Å². The number of ether oxygens (including phenoxy) is 1. The Bertz CT molecular complexity index is 1210. The van der Waals surface area contributed by atoms with E-state index in [-0.39, 0.29) is 39.4 Å². The smallest absolute Gasteiger partial charge is 0.318 e. The second-order valence-electron chi connectivity index (χ2n) is 11.1. The molecule has 0 heterocycles. The van der Waals surface area contributed by atoms with Gasteiger partial charge in [-0.1, -0.05) is 84.0 Å². The minimum absolute atomic E-state index is 0.135. The Kier molecular flexibility index (Phi) is 7.39. The van der Waals surface area contributed by atoms with Crippen LogP contribution in [0.5, 0.6) is 17.2 Å². The molecule has 0 radical (unpaired) electrons. The third-order valence-electron chi connectivity index (χ3n) is 5.80. The number of carbonyl (C=O) groups is 2. The molecule has 5 nitrogen and oxygen atoms in total. The van der Waals surface area contributed by atoms with Crippen molar-refractivity contribution in [3.63, 3.8) is 0 Å². The molecule has 0 amide bonds. The minimum atomic E-state index is -0.579. The van der Waals surface area contributed by atoms with Gasteiger partial charge in [0.1, 0.15) is 17.2 Å². The summed E-state index contributed by atoms with van der Waals surface area (Å²) in [6.07, 6.45) is 0.525. The molecular formula is C30H34O5. The van der Waals surface area contributed by atoms with Crippen LogP contribution in [-0.4, -0.2) is 22.0 Å². The summed E-state index contributed by atoms with van der Waals surface area (Å²) < 4.78 is 5.68. The Morgan fingerprint density at radius 3 is 2.06 bits per heavy atom. The summed E-state index contributed by atoms with van der Waals surface area (Å²) in [5.74, 6) is -1.27. The van der Waals surface area contributed by atoms with E-state index in [1.54, 1.807) is 36.4 Å². The first kappa shape index (κ1) is 26.0. The van der Waals surface area contributed by atoms with Crippen molar-refractivity contribution in [3.05, 3.63) is 89.0 Å². The van der Waals surface area contributed by atoms with Crippen molar-refractivity contribution in [2.24, 2.45) is 5.41 Å². The van der Waals surface area contributed by atoms with Gasteiger partial charge >= 0.3 is 5.97 Å². The fraction of sp³-hybridized carbons (Fsp3) is 0.333. The van der Waals surface area contributed by atoms with E-state index in [9.17, 15) is 19.8 Å². The van der Waals surface area contributed by atoms with Crippen molar-refractivity contribution in [2.75, 3.05) is 0 Å². The molecule has 3 aromatic carbocycles. The van der Waals surface area contributed by atoms with Gasteiger partial charge in [-0.25, -0.2) is 0 Å². The van der Waals surface area contributed by atoms with Crippen molar-refractivity contribution in [1.82, 2.24) is 0 Å². The molecule has 2 N–H and O–H groups in total. The predicted octanol–water partition coefficient (Wildman–Crippen LogP) is 6.75. The maximum Gasteiger partial charge on any atom is 0.318 e. The molecule has 0 spiro atoms. The number of benzene rings is 3. The Labute approximate surface area is 207 Å². The second-order valence-corrected chi connectivity index (χ2v) is 11.1. The van der Waals surface area contributed by atoms with E-state index in [0.717, 1.165) is 11.1 Å². The lowest BCUT2D eigenvalue weighted by molar-refractivity contribution is -0.136. The standard InChI is InChI=1S/C30H34O5/c1-29(2,3)18-23(20-12-15-25(31)24(16-20)30(4,5)6)28(34)35-21-13-14-22(26(32)17-21)27(33)19-10-8-7-9-11-19/h7-17,23,31-32H,18H2,1-6H3. The average molecular weight is 475 g/mol. The topological polar surface area (TPSA) is 83.8 Å². The Balaban J connectivity index is 1.90. The van der Waals surface area contributed by atoms with E-state index in [0.29, 0.717) is 12.0 Å². The van der Waals surface area contributed by atoms with Crippen LogP contribution in [0.4, 0.5) is 0 Å². The van der Waals surface area contributed by atoms with Gasteiger partial charge in [0, 0.05) is 11.6 Å². The van der Waals surface area contributed by atoms with Crippen LogP contribution < -0.4 is 4.74 Å². The maximum absolute atomic E-state index is 13.4. The lowest BCUT2D eigenvalue weighted by atomic mass is 9.79. The van der Waals surface area contributed by atoms with Gasteiger partial charge in [0.2, 0.25) is 0 Å². The number of ketones is 1. The van der Waals surface area contributed by atoms with Crippen LogP contribution in [0.15, 0.2) is 66.7 Å². The number of aromatic hydroxyl groups is 2. The molecule has 0 saturated heterocycles. The zero-order valence-corrected chi connectivity index (χ0v) is 21.3. The zero-order valence-electron chi connectivity index (χ0n) is 21.3. The molecule has 35 heavy (non-hydrogen) atoms. The van der Waals surface area contributed by atoms with Crippen molar-refractivity contribution >= 4 is 11.8 Å². The molecule has 184 valence electrons. The first-order chi connectivity index (χ1) is 16.3. The van der Waals surface area contributed by atoms with E-state index in [1.165, 1.54) is 18.2 Å². The number of hydrogen-bond acceptors (Lipinski definition) is 5. The first-order valence-corrected chi connectivity index (χ1v) is 11.7. The molecule has 0 aromatic heterocycles. The first-order valence-electron chi connectivity index (χ1n) is 11.7. The van der Waals surface area contributed by atoms with Gasteiger partial charge in [0.25, 0.3) is 0 Å². The third-order valence-corrected chi connectivity index (χ3v) is 5.80.